The Hall–Kier alpha value is -3.48. The summed E-state index contributed by atoms with van der Waals surface area (Å²) in [7, 11) is 0. The Morgan fingerprint density at radius 3 is 2.77 bits per heavy atom. The number of fused-ring (bicyclic) bond motifs is 2. The number of hydrogen-bond acceptors (Lipinski definition) is 2. The zero-order valence-electron chi connectivity index (χ0n) is 16.3. The van der Waals surface area contributed by atoms with Crippen LogP contribution >= 0.6 is 24.0 Å². The van der Waals surface area contributed by atoms with Gasteiger partial charge in [-0.05, 0) is 54.1 Å². The maximum Gasteiger partial charge on any atom is 0.323 e. The number of carbonyl (C=O) groups excluding carboxylic acids is 1. The molecule has 5 rings (SSSR count). The number of halogens is 2. The van der Waals surface area contributed by atoms with Gasteiger partial charge in [-0.1, -0.05) is 23.7 Å². The van der Waals surface area contributed by atoms with Gasteiger partial charge in [0.1, 0.15) is 5.65 Å². The normalized spacial score (nSPS) is 10.7. The number of amides is 2. The minimum Gasteiger partial charge on any atom is -0.346 e. The van der Waals surface area contributed by atoms with Gasteiger partial charge >= 0.3 is 6.03 Å². The number of pyridine rings is 1. The van der Waals surface area contributed by atoms with Crippen molar-refractivity contribution >= 4 is 63.4 Å². The molecule has 6 nitrogen and oxygen atoms in total. The summed E-state index contributed by atoms with van der Waals surface area (Å²) in [5.41, 5.74) is 4.47. The van der Waals surface area contributed by atoms with Gasteiger partial charge in [0.25, 0.3) is 0 Å². The molecule has 0 aliphatic carbocycles. The van der Waals surface area contributed by atoms with Crippen molar-refractivity contribution in [1.82, 2.24) is 14.5 Å². The fourth-order valence-electron chi connectivity index (χ4n) is 3.66. The van der Waals surface area contributed by atoms with Gasteiger partial charge in [-0.3, -0.25) is 0 Å². The maximum atomic E-state index is 12.5. The molecule has 0 aliphatic rings. The quantitative estimate of drug-likeness (QED) is 0.300. The van der Waals surface area contributed by atoms with Crippen molar-refractivity contribution in [2.45, 2.75) is 6.54 Å². The van der Waals surface area contributed by atoms with E-state index < -0.39 is 0 Å². The summed E-state index contributed by atoms with van der Waals surface area (Å²) in [6.45, 7) is 0.707. The Kier molecular flexibility index (Phi) is 5.84. The minimum atomic E-state index is -0.319. The first kappa shape index (κ1) is 20.8. The fourth-order valence-corrected chi connectivity index (χ4v) is 3.85. The number of hydrogen-bond donors (Lipinski definition) is 3. The van der Waals surface area contributed by atoms with Crippen LogP contribution in [0.25, 0.3) is 21.9 Å². The number of H-pyrrole nitrogens is 1. The number of aromatic nitrogens is 3. The van der Waals surface area contributed by atoms with Crippen LogP contribution in [0.4, 0.5) is 16.2 Å². The highest BCUT2D eigenvalue weighted by molar-refractivity contribution is 6.30. The van der Waals surface area contributed by atoms with Crippen LogP contribution in [-0.2, 0) is 6.54 Å². The minimum absolute atomic E-state index is 0. The van der Waals surface area contributed by atoms with Gasteiger partial charge in [0, 0.05) is 46.6 Å². The summed E-state index contributed by atoms with van der Waals surface area (Å²) >= 11 is 5.98. The average molecular weight is 452 g/mol. The standard InChI is InChI=1S/C23H18ClN5O.ClH/c24-16-3-1-4-17(13-16)27-23(30)28-20-5-2-6-21-19(20)9-12-29(21)14-15-7-10-25-22-18(15)8-11-26-22;/h1-13H,14H2,(H,25,26)(H2,27,28,30);1H. The molecule has 3 aromatic heterocycles. The van der Waals surface area contributed by atoms with E-state index in [-0.39, 0.29) is 18.4 Å². The molecule has 0 saturated carbocycles. The third kappa shape index (κ3) is 4.21. The lowest BCUT2D eigenvalue weighted by atomic mass is 10.2. The number of carbonyl (C=O) groups is 1. The molecule has 0 fully saturated rings. The molecule has 0 aliphatic heterocycles. The lowest BCUT2D eigenvalue weighted by Gasteiger charge is -2.10. The Morgan fingerprint density at radius 1 is 1.03 bits per heavy atom. The number of nitrogens with zero attached hydrogens (tertiary/aromatic N) is 2. The van der Waals surface area contributed by atoms with Crippen molar-refractivity contribution in [3.8, 4) is 0 Å². The van der Waals surface area contributed by atoms with Crippen LogP contribution in [0.1, 0.15) is 5.56 Å². The zero-order valence-corrected chi connectivity index (χ0v) is 17.9. The van der Waals surface area contributed by atoms with Crippen LogP contribution in [0.5, 0.6) is 0 Å². The average Bonchev–Trinajstić information content (AvgIpc) is 3.36. The molecule has 5 aromatic rings. The Labute approximate surface area is 189 Å². The molecule has 0 unspecified atom stereocenters. The Morgan fingerprint density at radius 2 is 1.90 bits per heavy atom. The maximum absolute atomic E-state index is 12.5. The second-order valence-electron chi connectivity index (χ2n) is 6.98. The number of rotatable bonds is 4. The predicted molar refractivity (Wildman–Crippen MR) is 128 cm³/mol. The van der Waals surface area contributed by atoms with E-state index in [9.17, 15) is 4.79 Å². The van der Waals surface area contributed by atoms with E-state index in [2.05, 4.69) is 25.2 Å². The lowest BCUT2D eigenvalue weighted by Crippen LogP contribution is -2.19. The lowest BCUT2D eigenvalue weighted by molar-refractivity contribution is 0.262. The van der Waals surface area contributed by atoms with Crippen molar-refractivity contribution < 1.29 is 4.79 Å². The van der Waals surface area contributed by atoms with Gasteiger partial charge in [0.2, 0.25) is 0 Å². The van der Waals surface area contributed by atoms with Gasteiger partial charge in [0.15, 0.2) is 0 Å². The summed E-state index contributed by atoms with van der Waals surface area (Å²) in [4.78, 5) is 20.0. The van der Waals surface area contributed by atoms with Gasteiger partial charge < -0.3 is 20.2 Å². The molecule has 8 heteroatoms. The smallest absolute Gasteiger partial charge is 0.323 e. The third-order valence-electron chi connectivity index (χ3n) is 5.04. The molecule has 3 heterocycles. The second kappa shape index (κ2) is 8.71. The number of nitrogens with one attached hydrogen (secondary N) is 3. The Balaban J connectivity index is 0.00000231. The first-order valence-corrected chi connectivity index (χ1v) is 9.87. The summed E-state index contributed by atoms with van der Waals surface area (Å²) in [5, 5.41) is 8.39. The van der Waals surface area contributed by atoms with E-state index in [0.29, 0.717) is 17.3 Å². The summed E-state index contributed by atoms with van der Waals surface area (Å²) in [6.07, 6.45) is 5.74. The van der Waals surface area contributed by atoms with Crippen molar-refractivity contribution in [3.63, 3.8) is 0 Å². The molecule has 2 aromatic carbocycles. The summed E-state index contributed by atoms with van der Waals surface area (Å²) in [6, 6.07) is 18.7. The van der Waals surface area contributed by atoms with Gasteiger partial charge in [-0.2, -0.15) is 0 Å². The molecular formula is C23H19Cl2N5O. The molecule has 2 amide bonds. The molecule has 0 atom stereocenters. The van der Waals surface area contributed by atoms with E-state index >= 15 is 0 Å². The molecular weight excluding hydrogens is 433 g/mol. The van der Waals surface area contributed by atoms with Gasteiger partial charge in [-0.15, -0.1) is 12.4 Å². The van der Waals surface area contributed by atoms with E-state index in [1.165, 1.54) is 5.56 Å². The SMILES string of the molecule is Cl.O=C(Nc1cccc(Cl)c1)Nc1cccc2c1ccn2Cc1ccnc2[nH]ccc12. The van der Waals surface area contributed by atoms with Crippen LogP contribution in [0.15, 0.2) is 79.3 Å². The zero-order chi connectivity index (χ0) is 20.5. The number of urea groups is 1. The highest BCUT2D eigenvalue weighted by atomic mass is 35.5. The molecule has 156 valence electrons. The number of anilines is 2. The highest BCUT2D eigenvalue weighted by Gasteiger charge is 2.11. The molecule has 0 bridgehead atoms. The van der Waals surface area contributed by atoms with Crippen LogP contribution in [0.2, 0.25) is 5.02 Å². The van der Waals surface area contributed by atoms with Crippen LogP contribution in [0, 0.1) is 0 Å². The van der Waals surface area contributed by atoms with Crippen LogP contribution in [-0.4, -0.2) is 20.6 Å². The highest BCUT2D eigenvalue weighted by Crippen LogP contribution is 2.27. The Bertz CT molecular complexity index is 1370. The van der Waals surface area contributed by atoms with Crippen molar-refractivity contribution in [2.75, 3.05) is 10.6 Å². The predicted octanol–water partition coefficient (Wildman–Crippen LogP) is 6.29. The molecule has 0 radical (unpaired) electrons. The first-order valence-electron chi connectivity index (χ1n) is 9.50. The molecule has 0 saturated heterocycles. The first-order chi connectivity index (χ1) is 14.7. The van der Waals surface area contributed by atoms with Crippen molar-refractivity contribution in [3.05, 3.63) is 89.8 Å². The molecule has 3 N–H and O–H groups in total. The van der Waals surface area contributed by atoms with Crippen molar-refractivity contribution in [2.24, 2.45) is 0 Å². The van der Waals surface area contributed by atoms with E-state index in [0.717, 1.165) is 27.6 Å². The fraction of sp³-hybridized carbons (Fsp3) is 0.0435. The van der Waals surface area contributed by atoms with E-state index in [1.54, 1.807) is 24.3 Å². The number of aromatic amines is 1. The van der Waals surface area contributed by atoms with Crippen LogP contribution in [0.3, 0.4) is 0 Å². The molecule has 31 heavy (non-hydrogen) atoms. The van der Waals surface area contributed by atoms with Crippen LogP contribution < -0.4 is 10.6 Å². The largest absolute Gasteiger partial charge is 0.346 e. The third-order valence-corrected chi connectivity index (χ3v) is 5.27. The van der Waals surface area contributed by atoms with E-state index in [4.69, 9.17) is 11.6 Å². The monoisotopic (exact) mass is 451 g/mol. The van der Waals surface area contributed by atoms with Gasteiger partial charge in [-0.25, -0.2) is 9.78 Å². The van der Waals surface area contributed by atoms with Gasteiger partial charge in [0.05, 0.1) is 11.2 Å². The summed E-state index contributed by atoms with van der Waals surface area (Å²) in [5.74, 6) is 0. The summed E-state index contributed by atoms with van der Waals surface area (Å²) < 4.78 is 2.16. The van der Waals surface area contributed by atoms with E-state index in [1.807, 2.05) is 55.0 Å². The second-order valence-corrected chi connectivity index (χ2v) is 7.42. The number of benzene rings is 2. The topological polar surface area (TPSA) is 74.7 Å². The van der Waals surface area contributed by atoms with Crippen molar-refractivity contribution in [1.29, 1.82) is 0 Å². The molecule has 0 spiro atoms.